The van der Waals surface area contributed by atoms with Gasteiger partial charge in [0.2, 0.25) is 5.91 Å². The molecule has 0 aliphatic carbocycles. The van der Waals surface area contributed by atoms with E-state index in [1.165, 1.54) is 19.3 Å². The van der Waals surface area contributed by atoms with Crippen LogP contribution in [-0.2, 0) is 4.79 Å². The third kappa shape index (κ3) is 4.61. The summed E-state index contributed by atoms with van der Waals surface area (Å²) >= 11 is 0. The van der Waals surface area contributed by atoms with Gasteiger partial charge in [-0.1, -0.05) is 19.8 Å². The van der Waals surface area contributed by atoms with Crippen molar-refractivity contribution in [3.8, 4) is 0 Å². The van der Waals surface area contributed by atoms with E-state index < -0.39 is 0 Å². The Labute approximate surface area is 86.9 Å². The van der Waals surface area contributed by atoms with E-state index in [2.05, 4.69) is 17.1 Å². The Balaban J connectivity index is 2.06. The van der Waals surface area contributed by atoms with Crippen molar-refractivity contribution < 1.29 is 4.79 Å². The average molecular weight is 198 g/mol. The fourth-order valence-corrected chi connectivity index (χ4v) is 1.78. The average Bonchev–Trinajstić information content (AvgIpc) is 2.20. The number of amides is 1. The fourth-order valence-electron chi connectivity index (χ4n) is 1.78. The first-order valence-corrected chi connectivity index (χ1v) is 5.82. The Hall–Kier alpha value is -0.570. The monoisotopic (exact) mass is 198 g/mol. The van der Waals surface area contributed by atoms with Crippen LogP contribution >= 0.6 is 0 Å². The molecule has 1 rings (SSSR count). The number of likely N-dealkylation sites (tertiary alicyclic amines) is 1. The highest BCUT2D eigenvalue weighted by molar-refractivity contribution is 5.77. The minimum absolute atomic E-state index is 0.195. The smallest absolute Gasteiger partial charge is 0.234 e. The van der Waals surface area contributed by atoms with Crippen molar-refractivity contribution >= 4 is 5.91 Å². The largest absolute Gasteiger partial charge is 0.355 e. The van der Waals surface area contributed by atoms with E-state index in [0.29, 0.717) is 6.54 Å². The molecule has 1 aliphatic rings. The number of unbranched alkanes of at least 4 members (excludes halogenated alkanes) is 1. The SMILES string of the molecule is CCCCNC(=O)CN1CCCCC1. The molecule has 1 heterocycles. The van der Waals surface area contributed by atoms with Gasteiger partial charge in [0.1, 0.15) is 0 Å². The van der Waals surface area contributed by atoms with Gasteiger partial charge in [0.05, 0.1) is 6.54 Å². The van der Waals surface area contributed by atoms with Crippen LogP contribution in [0, 0.1) is 0 Å². The zero-order valence-electron chi connectivity index (χ0n) is 9.22. The molecule has 1 N–H and O–H groups in total. The summed E-state index contributed by atoms with van der Waals surface area (Å²) in [7, 11) is 0. The van der Waals surface area contributed by atoms with Crippen LogP contribution in [0.15, 0.2) is 0 Å². The van der Waals surface area contributed by atoms with Crippen LogP contribution < -0.4 is 5.32 Å². The normalized spacial score (nSPS) is 18.1. The highest BCUT2D eigenvalue weighted by atomic mass is 16.2. The molecule has 0 aromatic carbocycles. The van der Waals surface area contributed by atoms with Gasteiger partial charge in [0, 0.05) is 6.54 Å². The van der Waals surface area contributed by atoms with E-state index in [0.717, 1.165) is 32.5 Å². The zero-order valence-corrected chi connectivity index (χ0v) is 9.22. The zero-order chi connectivity index (χ0) is 10.2. The molecule has 3 nitrogen and oxygen atoms in total. The summed E-state index contributed by atoms with van der Waals surface area (Å²) in [6, 6.07) is 0. The molecule has 0 unspecified atom stereocenters. The molecular weight excluding hydrogens is 176 g/mol. The second-order valence-electron chi connectivity index (χ2n) is 4.04. The molecule has 14 heavy (non-hydrogen) atoms. The van der Waals surface area contributed by atoms with Crippen molar-refractivity contribution in [3.05, 3.63) is 0 Å². The Morgan fingerprint density at radius 3 is 2.64 bits per heavy atom. The molecule has 1 amide bonds. The summed E-state index contributed by atoms with van der Waals surface area (Å²) < 4.78 is 0. The lowest BCUT2D eigenvalue weighted by atomic mass is 10.1. The maximum atomic E-state index is 11.4. The van der Waals surface area contributed by atoms with Crippen LogP contribution in [0.2, 0.25) is 0 Å². The summed E-state index contributed by atoms with van der Waals surface area (Å²) in [4.78, 5) is 13.7. The lowest BCUT2D eigenvalue weighted by molar-refractivity contribution is -0.122. The molecule has 82 valence electrons. The molecule has 0 aromatic rings. The number of nitrogens with one attached hydrogen (secondary N) is 1. The fraction of sp³-hybridized carbons (Fsp3) is 0.909. The molecule has 0 spiro atoms. The number of rotatable bonds is 5. The molecule has 1 aliphatic heterocycles. The molecule has 0 aromatic heterocycles. The number of nitrogens with zero attached hydrogens (tertiary/aromatic N) is 1. The number of carbonyl (C=O) groups is 1. The quantitative estimate of drug-likeness (QED) is 0.677. The highest BCUT2D eigenvalue weighted by Crippen LogP contribution is 2.07. The van der Waals surface area contributed by atoms with Gasteiger partial charge in [0.15, 0.2) is 0 Å². The maximum absolute atomic E-state index is 11.4. The van der Waals surface area contributed by atoms with Crippen LogP contribution in [0.1, 0.15) is 39.0 Å². The van der Waals surface area contributed by atoms with Crippen molar-refractivity contribution in [1.29, 1.82) is 0 Å². The summed E-state index contributed by atoms with van der Waals surface area (Å²) in [5, 5.41) is 2.95. The lowest BCUT2D eigenvalue weighted by Gasteiger charge is -2.25. The number of piperidine rings is 1. The van der Waals surface area contributed by atoms with E-state index in [-0.39, 0.29) is 5.91 Å². The number of hydrogen-bond donors (Lipinski definition) is 1. The summed E-state index contributed by atoms with van der Waals surface area (Å²) in [6.45, 7) is 5.77. The van der Waals surface area contributed by atoms with Crippen LogP contribution in [0.3, 0.4) is 0 Å². The Morgan fingerprint density at radius 2 is 2.00 bits per heavy atom. The van der Waals surface area contributed by atoms with Gasteiger partial charge in [-0.05, 0) is 32.4 Å². The molecule has 0 atom stereocenters. The van der Waals surface area contributed by atoms with Crippen LogP contribution in [0.4, 0.5) is 0 Å². The first-order valence-electron chi connectivity index (χ1n) is 5.82. The minimum Gasteiger partial charge on any atom is -0.355 e. The maximum Gasteiger partial charge on any atom is 0.234 e. The third-order valence-electron chi connectivity index (χ3n) is 2.67. The van der Waals surface area contributed by atoms with Gasteiger partial charge < -0.3 is 5.32 Å². The third-order valence-corrected chi connectivity index (χ3v) is 2.67. The second-order valence-corrected chi connectivity index (χ2v) is 4.04. The molecule has 0 bridgehead atoms. The van der Waals surface area contributed by atoms with Crippen molar-refractivity contribution in [1.82, 2.24) is 10.2 Å². The topological polar surface area (TPSA) is 32.3 Å². The molecule has 0 radical (unpaired) electrons. The van der Waals surface area contributed by atoms with E-state index >= 15 is 0 Å². The van der Waals surface area contributed by atoms with Crippen LogP contribution in [0.25, 0.3) is 0 Å². The van der Waals surface area contributed by atoms with E-state index in [4.69, 9.17) is 0 Å². The van der Waals surface area contributed by atoms with Crippen molar-refractivity contribution in [3.63, 3.8) is 0 Å². The van der Waals surface area contributed by atoms with Gasteiger partial charge in [-0.2, -0.15) is 0 Å². The Morgan fingerprint density at radius 1 is 1.29 bits per heavy atom. The van der Waals surface area contributed by atoms with Crippen LogP contribution in [0.5, 0.6) is 0 Å². The van der Waals surface area contributed by atoms with Gasteiger partial charge >= 0.3 is 0 Å². The standard InChI is InChI=1S/C11H22N2O/c1-2-3-7-12-11(14)10-13-8-5-4-6-9-13/h2-10H2,1H3,(H,12,14). The van der Waals surface area contributed by atoms with Crippen molar-refractivity contribution in [2.75, 3.05) is 26.2 Å². The van der Waals surface area contributed by atoms with Gasteiger partial charge in [-0.25, -0.2) is 0 Å². The predicted molar refractivity (Wildman–Crippen MR) is 58.2 cm³/mol. The Bertz CT molecular complexity index is 165. The minimum atomic E-state index is 0.195. The molecule has 1 fully saturated rings. The number of hydrogen-bond acceptors (Lipinski definition) is 2. The first kappa shape index (κ1) is 11.5. The number of carbonyl (C=O) groups excluding carboxylic acids is 1. The summed E-state index contributed by atoms with van der Waals surface area (Å²) in [5.74, 6) is 0.195. The molecular formula is C11H22N2O. The van der Waals surface area contributed by atoms with Gasteiger partial charge in [-0.3, -0.25) is 9.69 Å². The van der Waals surface area contributed by atoms with Gasteiger partial charge in [0.25, 0.3) is 0 Å². The van der Waals surface area contributed by atoms with Crippen molar-refractivity contribution in [2.24, 2.45) is 0 Å². The highest BCUT2D eigenvalue weighted by Gasteiger charge is 2.12. The molecule has 3 heteroatoms. The Kier molecular flexibility index (Phi) is 5.60. The summed E-state index contributed by atoms with van der Waals surface area (Å²) in [5.41, 5.74) is 0. The van der Waals surface area contributed by atoms with Crippen molar-refractivity contribution in [2.45, 2.75) is 39.0 Å². The van der Waals surface area contributed by atoms with E-state index in [1.807, 2.05) is 0 Å². The second kappa shape index (κ2) is 6.82. The summed E-state index contributed by atoms with van der Waals surface area (Å²) in [6.07, 6.45) is 6.06. The van der Waals surface area contributed by atoms with E-state index in [1.54, 1.807) is 0 Å². The van der Waals surface area contributed by atoms with Crippen LogP contribution in [-0.4, -0.2) is 37.0 Å². The van der Waals surface area contributed by atoms with Gasteiger partial charge in [-0.15, -0.1) is 0 Å². The first-order chi connectivity index (χ1) is 6.83. The lowest BCUT2D eigenvalue weighted by Crippen LogP contribution is -2.40. The van der Waals surface area contributed by atoms with E-state index in [9.17, 15) is 4.79 Å². The molecule has 0 saturated carbocycles. The predicted octanol–water partition coefficient (Wildman–Crippen LogP) is 1.39. The molecule has 1 saturated heterocycles.